The molecule has 2 fully saturated rings. The van der Waals surface area contributed by atoms with Crippen molar-refractivity contribution in [2.24, 2.45) is 23.5 Å². The molecular weight excluding hydrogens is 506 g/mol. The van der Waals surface area contributed by atoms with Crippen molar-refractivity contribution in [2.75, 3.05) is 26.2 Å². The number of aromatic nitrogens is 1. The topological polar surface area (TPSA) is 122 Å². The van der Waals surface area contributed by atoms with Gasteiger partial charge in [-0.15, -0.1) is 0 Å². The second-order valence-corrected chi connectivity index (χ2v) is 12.1. The van der Waals surface area contributed by atoms with Crippen molar-refractivity contribution in [3.05, 3.63) is 52.9 Å². The van der Waals surface area contributed by atoms with Crippen molar-refractivity contribution in [3.63, 3.8) is 0 Å². The van der Waals surface area contributed by atoms with E-state index >= 15 is 0 Å². The summed E-state index contributed by atoms with van der Waals surface area (Å²) in [5, 5.41) is 7.13. The van der Waals surface area contributed by atoms with E-state index in [1.165, 1.54) is 0 Å². The third kappa shape index (κ3) is 7.30. The molecule has 1 unspecified atom stereocenters. The minimum Gasteiger partial charge on any atom is -0.361 e. The highest BCUT2D eigenvalue weighted by Crippen LogP contribution is 2.29. The molecule has 0 radical (unpaired) electrons. The van der Waals surface area contributed by atoms with Gasteiger partial charge in [-0.05, 0) is 88.8 Å². The first-order valence-electron chi connectivity index (χ1n) is 14.8. The summed E-state index contributed by atoms with van der Waals surface area (Å²) < 4.78 is 5.18. The monoisotopic (exact) mass is 551 g/mol. The standard InChI is InChI=1S/C31H45N5O4/c1-20(2)19-36(31(39)27-15-22(4)40-34-27)26-13-14-35(30(38)25-11-5-21(3)6-12-25)28(16-26)29(37)33-18-24-9-7-23(17-32)8-10-24/h5-6,11-12,15,20,23-24,26,28H,7-10,13-14,16-19,32H2,1-4H3,(H,33,37)/t23?,24?,26?,28-/m1/s1. The number of benzene rings is 1. The maximum absolute atomic E-state index is 13.7. The zero-order valence-electron chi connectivity index (χ0n) is 24.4. The van der Waals surface area contributed by atoms with Gasteiger partial charge in [-0.1, -0.05) is 36.7 Å². The van der Waals surface area contributed by atoms with Crippen LogP contribution in [0.25, 0.3) is 0 Å². The van der Waals surface area contributed by atoms with Crippen molar-refractivity contribution in [2.45, 2.75) is 78.3 Å². The Hall–Kier alpha value is -3.20. The molecule has 3 amide bonds. The van der Waals surface area contributed by atoms with Gasteiger partial charge in [-0.2, -0.15) is 0 Å². The van der Waals surface area contributed by atoms with Gasteiger partial charge in [0.05, 0.1) is 0 Å². The molecule has 4 rings (SSSR count). The van der Waals surface area contributed by atoms with Crippen LogP contribution >= 0.6 is 0 Å². The largest absolute Gasteiger partial charge is 0.361 e. The van der Waals surface area contributed by atoms with Crippen molar-refractivity contribution in [1.82, 2.24) is 20.3 Å². The molecule has 1 aromatic heterocycles. The van der Waals surface area contributed by atoms with Crippen molar-refractivity contribution in [3.8, 4) is 0 Å². The lowest BCUT2D eigenvalue weighted by molar-refractivity contribution is -0.127. The predicted molar refractivity (Wildman–Crippen MR) is 154 cm³/mol. The Morgan fingerprint density at radius 3 is 2.35 bits per heavy atom. The fraction of sp³-hybridized carbons (Fsp3) is 0.613. The van der Waals surface area contributed by atoms with Gasteiger partial charge in [-0.3, -0.25) is 14.4 Å². The average molecular weight is 552 g/mol. The van der Waals surface area contributed by atoms with Crippen LogP contribution in [0, 0.1) is 31.6 Å². The predicted octanol–water partition coefficient (Wildman–Crippen LogP) is 3.94. The van der Waals surface area contributed by atoms with E-state index < -0.39 is 6.04 Å². The highest BCUT2D eigenvalue weighted by molar-refractivity contribution is 5.98. The van der Waals surface area contributed by atoms with Crippen LogP contribution in [0.1, 0.15) is 84.5 Å². The molecule has 2 aliphatic rings. The second-order valence-electron chi connectivity index (χ2n) is 12.1. The van der Waals surface area contributed by atoms with Gasteiger partial charge in [0.25, 0.3) is 11.8 Å². The fourth-order valence-electron chi connectivity index (χ4n) is 6.02. The van der Waals surface area contributed by atoms with Crippen LogP contribution in [0.3, 0.4) is 0 Å². The lowest BCUT2D eigenvalue weighted by Gasteiger charge is -2.43. The molecule has 1 saturated carbocycles. The molecule has 1 saturated heterocycles. The number of nitrogens with one attached hydrogen (secondary N) is 1. The molecule has 1 aliphatic carbocycles. The molecule has 0 bridgehead atoms. The molecule has 1 aromatic carbocycles. The van der Waals surface area contributed by atoms with E-state index in [-0.39, 0.29) is 35.4 Å². The van der Waals surface area contributed by atoms with E-state index in [1.54, 1.807) is 17.9 Å². The summed E-state index contributed by atoms with van der Waals surface area (Å²) in [5.41, 5.74) is 7.75. The Morgan fingerprint density at radius 1 is 1.07 bits per heavy atom. The summed E-state index contributed by atoms with van der Waals surface area (Å²) >= 11 is 0. The fourth-order valence-corrected chi connectivity index (χ4v) is 6.02. The van der Waals surface area contributed by atoms with E-state index in [0.29, 0.717) is 55.6 Å². The Kier molecular flexibility index (Phi) is 10.0. The Labute approximate surface area is 237 Å². The summed E-state index contributed by atoms with van der Waals surface area (Å²) in [5.74, 6) is 1.28. The number of aryl methyl sites for hydroxylation is 2. The molecule has 3 N–H and O–H groups in total. The normalized spacial score (nSPS) is 23.2. The number of rotatable bonds is 9. The molecule has 2 aromatic rings. The summed E-state index contributed by atoms with van der Waals surface area (Å²) in [6, 6.07) is 8.23. The van der Waals surface area contributed by atoms with E-state index in [4.69, 9.17) is 10.3 Å². The van der Waals surface area contributed by atoms with Gasteiger partial charge in [0, 0.05) is 37.3 Å². The minimum atomic E-state index is -0.672. The van der Waals surface area contributed by atoms with E-state index in [1.807, 2.05) is 36.1 Å². The first-order valence-corrected chi connectivity index (χ1v) is 14.8. The van der Waals surface area contributed by atoms with Crippen molar-refractivity contribution in [1.29, 1.82) is 0 Å². The zero-order chi connectivity index (χ0) is 28.8. The number of nitrogens with zero attached hydrogens (tertiary/aromatic N) is 3. The van der Waals surface area contributed by atoms with Gasteiger partial charge in [0.2, 0.25) is 5.91 Å². The molecule has 1 aliphatic heterocycles. The van der Waals surface area contributed by atoms with Gasteiger partial charge in [-0.25, -0.2) is 0 Å². The van der Waals surface area contributed by atoms with Crippen LogP contribution in [-0.2, 0) is 4.79 Å². The molecule has 218 valence electrons. The summed E-state index contributed by atoms with van der Waals surface area (Å²) in [6.07, 6.45) is 5.24. The highest BCUT2D eigenvalue weighted by atomic mass is 16.5. The minimum absolute atomic E-state index is 0.152. The average Bonchev–Trinajstić information content (AvgIpc) is 3.40. The SMILES string of the molecule is Cc1ccc(C(=O)N2CCC(N(CC(C)C)C(=O)c3cc(C)on3)C[C@@H]2C(=O)NCC2CCC(CN)CC2)cc1. The Bertz CT molecular complexity index is 1150. The maximum atomic E-state index is 13.7. The summed E-state index contributed by atoms with van der Waals surface area (Å²) in [7, 11) is 0. The van der Waals surface area contributed by atoms with Crippen molar-refractivity contribution >= 4 is 17.7 Å². The van der Waals surface area contributed by atoms with Crippen molar-refractivity contribution < 1.29 is 18.9 Å². The molecule has 40 heavy (non-hydrogen) atoms. The molecule has 2 heterocycles. The third-order valence-electron chi connectivity index (χ3n) is 8.41. The van der Waals surface area contributed by atoms with Gasteiger partial charge >= 0.3 is 0 Å². The van der Waals surface area contributed by atoms with Gasteiger partial charge in [0.15, 0.2) is 5.69 Å². The first-order chi connectivity index (χ1) is 19.2. The number of amides is 3. The maximum Gasteiger partial charge on any atom is 0.276 e. The van der Waals surface area contributed by atoms with Crippen LogP contribution in [0.4, 0.5) is 0 Å². The quantitative estimate of drug-likeness (QED) is 0.487. The smallest absolute Gasteiger partial charge is 0.276 e. The highest BCUT2D eigenvalue weighted by Gasteiger charge is 2.40. The van der Waals surface area contributed by atoms with Crippen LogP contribution in [-0.4, -0.2) is 70.9 Å². The third-order valence-corrected chi connectivity index (χ3v) is 8.41. The van der Waals surface area contributed by atoms with Gasteiger partial charge in [0.1, 0.15) is 11.8 Å². The first kappa shape index (κ1) is 29.8. The number of carbonyl (C=O) groups is 3. The van der Waals surface area contributed by atoms with Gasteiger partial charge < -0.3 is 25.4 Å². The summed E-state index contributed by atoms with van der Waals surface area (Å²) in [4.78, 5) is 44.4. The molecule has 2 atom stereocenters. The molecule has 9 nitrogen and oxygen atoms in total. The lowest BCUT2D eigenvalue weighted by Crippen LogP contribution is -2.58. The zero-order valence-corrected chi connectivity index (χ0v) is 24.4. The second kappa shape index (κ2) is 13.4. The van der Waals surface area contributed by atoms with E-state index in [9.17, 15) is 14.4 Å². The number of nitrogens with two attached hydrogens (primary N) is 1. The van der Waals surface area contributed by atoms with Crippen LogP contribution in [0.5, 0.6) is 0 Å². The number of hydrogen-bond donors (Lipinski definition) is 2. The molecule has 9 heteroatoms. The van der Waals surface area contributed by atoms with E-state index in [2.05, 4.69) is 24.3 Å². The summed E-state index contributed by atoms with van der Waals surface area (Å²) in [6.45, 7) is 10.1. The lowest BCUT2D eigenvalue weighted by atomic mass is 9.82. The molecular formula is C31H45N5O4. The van der Waals surface area contributed by atoms with Crippen LogP contribution in [0.2, 0.25) is 0 Å². The Morgan fingerprint density at radius 2 is 1.75 bits per heavy atom. The molecule has 0 spiro atoms. The van der Waals surface area contributed by atoms with Crippen LogP contribution < -0.4 is 11.1 Å². The number of carbonyl (C=O) groups excluding carboxylic acids is 3. The Balaban J connectivity index is 1.53. The number of hydrogen-bond acceptors (Lipinski definition) is 6. The number of likely N-dealkylation sites (tertiary alicyclic amines) is 1. The van der Waals surface area contributed by atoms with E-state index in [0.717, 1.165) is 37.8 Å². The van der Waals surface area contributed by atoms with Crippen LogP contribution in [0.15, 0.2) is 34.9 Å². The number of piperidine rings is 1.